The first-order valence-corrected chi connectivity index (χ1v) is 9.05. The van der Waals surface area contributed by atoms with Crippen molar-refractivity contribution in [2.24, 2.45) is 5.73 Å². The quantitative estimate of drug-likeness (QED) is 0.754. The first-order valence-electron chi connectivity index (χ1n) is 5.17. The number of sulfonamides is 1. The van der Waals surface area contributed by atoms with Crippen LogP contribution in [0.1, 0.15) is 5.56 Å². The fourth-order valence-electron chi connectivity index (χ4n) is 1.45. The molecule has 0 aliphatic carbocycles. The molecule has 0 bridgehead atoms. The summed E-state index contributed by atoms with van der Waals surface area (Å²) in [4.78, 5) is 0.111. The highest BCUT2D eigenvalue weighted by Crippen LogP contribution is 2.29. The molecule has 0 fully saturated rings. The van der Waals surface area contributed by atoms with Gasteiger partial charge in [0.1, 0.15) is 9.20 Å². The number of hydrogen-bond donors (Lipinski definition) is 2. The molecule has 3 N–H and O–H groups in total. The van der Waals surface area contributed by atoms with Gasteiger partial charge in [-0.25, -0.2) is 8.42 Å². The maximum Gasteiger partial charge on any atom is 0.271 e. The molecule has 0 amide bonds. The fraction of sp³-hybridized carbons (Fsp3) is 0. The normalized spacial score (nSPS) is 11.3. The number of nitrogens with one attached hydrogen (secondary N) is 1. The molecule has 1 aromatic heterocycles. The highest BCUT2D eigenvalue weighted by atomic mass is 79.9. The molecule has 0 saturated heterocycles. The van der Waals surface area contributed by atoms with Crippen LogP contribution in [-0.2, 0) is 10.0 Å². The summed E-state index contributed by atoms with van der Waals surface area (Å²) < 4.78 is 28.2. The second-order valence-corrected chi connectivity index (χ2v) is 8.70. The van der Waals surface area contributed by atoms with E-state index < -0.39 is 10.0 Å². The lowest BCUT2D eigenvalue weighted by atomic mass is 10.2. The van der Waals surface area contributed by atoms with E-state index >= 15 is 0 Å². The van der Waals surface area contributed by atoms with Gasteiger partial charge in [0.05, 0.1) is 10.0 Å². The van der Waals surface area contributed by atoms with Crippen molar-refractivity contribution in [1.29, 1.82) is 0 Å². The van der Waals surface area contributed by atoms with Crippen molar-refractivity contribution in [2.75, 3.05) is 4.72 Å². The van der Waals surface area contributed by atoms with E-state index in [0.717, 1.165) is 11.3 Å². The molecule has 2 rings (SSSR count). The third kappa shape index (κ3) is 3.50. The van der Waals surface area contributed by atoms with Crippen molar-refractivity contribution >= 4 is 71.8 Å². The van der Waals surface area contributed by atoms with E-state index in [0.29, 0.717) is 20.1 Å². The second kappa shape index (κ2) is 5.98. The Morgan fingerprint density at radius 2 is 2.05 bits per heavy atom. The van der Waals surface area contributed by atoms with Gasteiger partial charge in [-0.2, -0.15) is 0 Å². The lowest BCUT2D eigenvalue weighted by molar-refractivity contribution is 0.603. The number of hydrogen-bond acceptors (Lipinski definition) is 4. The molecule has 9 heteroatoms. The number of anilines is 1. The van der Waals surface area contributed by atoms with E-state index in [4.69, 9.17) is 29.6 Å². The van der Waals surface area contributed by atoms with Crippen molar-refractivity contribution < 1.29 is 8.42 Å². The van der Waals surface area contributed by atoms with Gasteiger partial charge in [-0.3, -0.25) is 4.72 Å². The Morgan fingerprint density at radius 1 is 1.35 bits per heavy atom. The van der Waals surface area contributed by atoms with Gasteiger partial charge >= 0.3 is 0 Å². The molecular formula is C11H8BrClN2O2S3. The maximum absolute atomic E-state index is 12.2. The summed E-state index contributed by atoms with van der Waals surface area (Å²) in [5, 5.41) is 0. The first-order chi connectivity index (χ1) is 9.29. The lowest BCUT2D eigenvalue weighted by Gasteiger charge is -2.11. The predicted molar refractivity (Wildman–Crippen MR) is 90.2 cm³/mol. The van der Waals surface area contributed by atoms with Crippen molar-refractivity contribution in [1.82, 2.24) is 0 Å². The van der Waals surface area contributed by atoms with Crippen LogP contribution in [0.3, 0.4) is 0 Å². The van der Waals surface area contributed by atoms with E-state index in [1.807, 2.05) is 0 Å². The molecule has 0 radical (unpaired) electrons. The standard InChI is InChI=1S/C11H8BrClN2O2S3/c12-6-1-2-7(11(14)18)8(5-6)15-20(16,17)10-4-3-9(13)19-10/h1-5,15H,(H2,14,18). The summed E-state index contributed by atoms with van der Waals surface area (Å²) >= 11 is 14.9. The molecule has 4 nitrogen and oxygen atoms in total. The van der Waals surface area contributed by atoms with Gasteiger partial charge in [0.2, 0.25) is 0 Å². The van der Waals surface area contributed by atoms with Crippen LogP contribution in [0.15, 0.2) is 39.0 Å². The second-order valence-electron chi connectivity index (χ2n) is 3.72. The summed E-state index contributed by atoms with van der Waals surface area (Å²) in [6.45, 7) is 0. The highest BCUT2D eigenvalue weighted by molar-refractivity contribution is 9.10. The van der Waals surface area contributed by atoms with Gasteiger partial charge < -0.3 is 5.73 Å². The monoisotopic (exact) mass is 410 g/mol. The van der Waals surface area contributed by atoms with Crippen molar-refractivity contribution in [3.8, 4) is 0 Å². The maximum atomic E-state index is 12.2. The average Bonchev–Trinajstić information content (AvgIpc) is 2.75. The Kier molecular flexibility index (Phi) is 4.70. The zero-order chi connectivity index (χ0) is 14.9. The van der Waals surface area contributed by atoms with Crippen LogP contribution in [0.5, 0.6) is 0 Å². The average molecular weight is 412 g/mol. The molecule has 0 unspecified atom stereocenters. The van der Waals surface area contributed by atoms with E-state index in [-0.39, 0.29) is 9.20 Å². The number of rotatable bonds is 4. The molecule has 1 aromatic carbocycles. The molecular weight excluding hydrogens is 404 g/mol. The van der Waals surface area contributed by atoms with Crippen LogP contribution in [0.25, 0.3) is 0 Å². The van der Waals surface area contributed by atoms with Crippen LogP contribution < -0.4 is 10.5 Å². The van der Waals surface area contributed by atoms with Crippen molar-refractivity contribution in [2.45, 2.75) is 4.21 Å². The molecule has 20 heavy (non-hydrogen) atoms. The topological polar surface area (TPSA) is 72.2 Å². The number of benzene rings is 1. The first kappa shape index (κ1) is 15.7. The van der Waals surface area contributed by atoms with E-state index in [1.165, 1.54) is 12.1 Å². The van der Waals surface area contributed by atoms with Crippen molar-refractivity contribution in [3.05, 3.63) is 44.7 Å². The van der Waals surface area contributed by atoms with E-state index in [1.54, 1.807) is 18.2 Å². The Bertz CT molecular complexity index is 774. The Balaban J connectivity index is 2.44. The molecule has 2 aromatic rings. The van der Waals surface area contributed by atoms with Gasteiger partial charge in [0, 0.05) is 10.0 Å². The van der Waals surface area contributed by atoms with Crippen molar-refractivity contribution in [3.63, 3.8) is 0 Å². The number of thiocarbonyl (C=S) groups is 1. The van der Waals surface area contributed by atoms with Gasteiger partial charge in [0.15, 0.2) is 0 Å². The molecule has 0 spiro atoms. The van der Waals surface area contributed by atoms with E-state index in [2.05, 4.69) is 20.7 Å². The summed E-state index contributed by atoms with van der Waals surface area (Å²) in [6.07, 6.45) is 0. The van der Waals surface area contributed by atoms with Gasteiger partial charge in [-0.15, -0.1) is 11.3 Å². The van der Waals surface area contributed by atoms with Crippen LogP contribution >= 0.6 is 51.1 Å². The lowest BCUT2D eigenvalue weighted by Crippen LogP contribution is -2.17. The summed E-state index contributed by atoms with van der Waals surface area (Å²) in [5.41, 5.74) is 6.36. The summed E-state index contributed by atoms with van der Waals surface area (Å²) in [7, 11) is -3.72. The number of halogens is 2. The SMILES string of the molecule is NC(=S)c1ccc(Br)cc1NS(=O)(=O)c1ccc(Cl)s1. The summed E-state index contributed by atoms with van der Waals surface area (Å²) in [6, 6.07) is 7.94. The summed E-state index contributed by atoms with van der Waals surface area (Å²) in [5.74, 6) is 0. The Hall–Kier alpha value is -0.670. The number of thiophene rings is 1. The molecule has 0 aliphatic heterocycles. The molecule has 0 atom stereocenters. The zero-order valence-electron chi connectivity index (χ0n) is 9.76. The van der Waals surface area contributed by atoms with E-state index in [9.17, 15) is 8.42 Å². The third-order valence-electron chi connectivity index (χ3n) is 2.30. The fourth-order valence-corrected chi connectivity index (χ4v) is 4.55. The van der Waals surface area contributed by atoms with Crippen LogP contribution in [0.2, 0.25) is 4.34 Å². The van der Waals surface area contributed by atoms with Gasteiger partial charge in [-0.05, 0) is 30.3 Å². The van der Waals surface area contributed by atoms with Crippen LogP contribution in [-0.4, -0.2) is 13.4 Å². The van der Waals surface area contributed by atoms with Crippen LogP contribution in [0.4, 0.5) is 5.69 Å². The van der Waals surface area contributed by atoms with Gasteiger partial charge in [0.25, 0.3) is 10.0 Å². The Labute approximate surface area is 139 Å². The molecule has 106 valence electrons. The Morgan fingerprint density at radius 3 is 2.60 bits per heavy atom. The van der Waals surface area contributed by atoms with Crippen LogP contribution in [0, 0.1) is 0 Å². The number of nitrogens with two attached hydrogens (primary N) is 1. The largest absolute Gasteiger partial charge is 0.389 e. The minimum atomic E-state index is -3.72. The zero-order valence-corrected chi connectivity index (χ0v) is 14.6. The highest BCUT2D eigenvalue weighted by Gasteiger charge is 2.19. The molecule has 0 aliphatic rings. The van der Waals surface area contributed by atoms with Gasteiger partial charge in [-0.1, -0.05) is 39.7 Å². The smallest absolute Gasteiger partial charge is 0.271 e. The molecule has 1 heterocycles. The predicted octanol–water partition coefficient (Wildman–Crippen LogP) is 3.60. The minimum absolute atomic E-state index is 0.111. The third-order valence-corrected chi connectivity index (χ3v) is 6.11. The molecule has 0 saturated carbocycles. The minimum Gasteiger partial charge on any atom is -0.389 e.